The molecule has 6 nitrogen and oxygen atoms in total. The van der Waals surface area contributed by atoms with Gasteiger partial charge in [-0.25, -0.2) is 0 Å². The molecule has 0 saturated carbocycles. The molecule has 27 heavy (non-hydrogen) atoms. The van der Waals surface area contributed by atoms with Crippen LogP contribution in [0.4, 0.5) is 0 Å². The first kappa shape index (κ1) is 20.7. The van der Waals surface area contributed by atoms with Crippen molar-refractivity contribution < 1.29 is 14.2 Å². The average Bonchev–Trinajstić information content (AvgIpc) is 2.70. The van der Waals surface area contributed by atoms with Crippen LogP contribution in [0.1, 0.15) is 12.0 Å². The lowest BCUT2D eigenvalue weighted by Crippen LogP contribution is -2.37. The molecule has 0 saturated heterocycles. The fraction of sp³-hybridized carbons (Fsp3) is 0.381. The lowest BCUT2D eigenvalue weighted by Gasteiger charge is -2.13. The van der Waals surface area contributed by atoms with E-state index >= 15 is 0 Å². The third-order valence-electron chi connectivity index (χ3n) is 3.75. The van der Waals surface area contributed by atoms with Crippen LogP contribution in [0, 0.1) is 0 Å². The number of hydrogen-bond acceptors (Lipinski definition) is 4. The second-order valence-electron chi connectivity index (χ2n) is 5.87. The van der Waals surface area contributed by atoms with Crippen LogP contribution in [0.3, 0.4) is 0 Å². The van der Waals surface area contributed by atoms with Gasteiger partial charge in [-0.05, 0) is 36.2 Å². The van der Waals surface area contributed by atoms with Gasteiger partial charge in [0, 0.05) is 33.9 Å². The standard InChI is InChI=1S/C21H29N3O3/c1-22-21(23-12-7-13-26-15-14-25-2)24-17-18-8-6-11-20(16-18)27-19-9-4-3-5-10-19/h3-6,8-11,16H,7,12-15,17H2,1-2H3,(H2,22,23,24). The summed E-state index contributed by atoms with van der Waals surface area (Å²) in [4.78, 5) is 4.24. The zero-order valence-corrected chi connectivity index (χ0v) is 16.1. The van der Waals surface area contributed by atoms with Crippen molar-refractivity contribution in [2.24, 2.45) is 4.99 Å². The summed E-state index contributed by atoms with van der Waals surface area (Å²) in [5.74, 6) is 2.41. The van der Waals surface area contributed by atoms with Crippen molar-refractivity contribution in [1.29, 1.82) is 0 Å². The lowest BCUT2D eigenvalue weighted by atomic mass is 10.2. The summed E-state index contributed by atoms with van der Waals surface area (Å²) in [5.41, 5.74) is 1.12. The van der Waals surface area contributed by atoms with E-state index in [1.165, 1.54) is 0 Å². The number of benzene rings is 2. The molecule has 2 aromatic rings. The average molecular weight is 371 g/mol. The predicted molar refractivity (Wildman–Crippen MR) is 108 cm³/mol. The van der Waals surface area contributed by atoms with Crippen LogP contribution in [0.5, 0.6) is 11.5 Å². The van der Waals surface area contributed by atoms with Gasteiger partial charge in [0.1, 0.15) is 11.5 Å². The van der Waals surface area contributed by atoms with E-state index in [9.17, 15) is 0 Å². The molecule has 2 aromatic carbocycles. The fourth-order valence-electron chi connectivity index (χ4n) is 2.38. The van der Waals surface area contributed by atoms with Crippen LogP contribution in [0.2, 0.25) is 0 Å². The van der Waals surface area contributed by atoms with Crippen LogP contribution in [0.15, 0.2) is 59.6 Å². The summed E-state index contributed by atoms with van der Waals surface area (Å²) in [6.45, 7) is 3.42. The first-order chi connectivity index (χ1) is 13.3. The summed E-state index contributed by atoms with van der Waals surface area (Å²) in [7, 11) is 3.43. The highest BCUT2D eigenvalue weighted by Crippen LogP contribution is 2.21. The van der Waals surface area contributed by atoms with E-state index in [1.54, 1.807) is 14.2 Å². The minimum absolute atomic E-state index is 0.629. The Bertz CT molecular complexity index is 677. The molecule has 0 aliphatic carbocycles. The summed E-state index contributed by atoms with van der Waals surface area (Å²) in [6.07, 6.45) is 0.908. The summed E-state index contributed by atoms with van der Waals surface area (Å²) in [6, 6.07) is 17.8. The number of nitrogens with one attached hydrogen (secondary N) is 2. The second-order valence-corrected chi connectivity index (χ2v) is 5.87. The summed E-state index contributed by atoms with van der Waals surface area (Å²) in [5, 5.41) is 6.59. The molecule has 6 heteroatoms. The third kappa shape index (κ3) is 8.57. The van der Waals surface area contributed by atoms with E-state index in [0.29, 0.717) is 26.4 Å². The Morgan fingerprint density at radius 3 is 2.52 bits per heavy atom. The molecule has 0 unspecified atom stereocenters. The quantitative estimate of drug-likeness (QED) is 0.361. The SMILES string of the molecule is CN=C(NCCCOCCOC)NCc1cccc(Oc2ccccc2)c1. The predicted octanol–water partition coefficient (Wildman–Crippen LogP) is 3.20. The number of rotatable bonds is 11. The molecule has 0 spiro atoms. The first-order valence-electron chi connectivity index (χ1n) is 9.15. The number of hydrogen-bond donors (Lipinski definition) is 2. The molecule has 0 amide bonds. The highest BCUT2D eigenvalue weighted by Gasteiger charge is 2.01. The maximum Gasteiger partial charge on any atom is 0.191 e. The van der Waals surface area contributed by atoms with Crippen LogP contribution >= 0.6 is 0 Å². The molecule has 0 atom stereocenters. The van der Waals surface area contributed by atoms with Crippen LogP contribution in [-0.4, -0.2) is 46.5 Å². The van der Waals surface area contributed by atoms with Gasteiger partial charge in [0.2, 0.25) is 0 Å². The second kappa shape index (κ2) is 12.7. The number of aliphatic imine (C=N–C) groups is 1. The van der Waals surface area contributed by atoms with Crippen molar-refractivity contribution in [3.63, 3.8) is 0 Å². The molecule has 0 fully saturated rings. The van der Waals surface area contributed by atoms with E-state index < -0.39 is 0 Å². The molecular formula is C21H29N3O3. The van der Waals surface area contributed by atoms with Crippen LogP contribution in [0.25, 0.3) is 0 Å². The zero-order chi connectivity index (χ0) is 19.2. The Labute approximate surface area is 161 Å². The van der Waals surface area contributed by atoms with Crippen molar-refractivity contribution in [1.82, 2.24) is 10.6 Å². The van der Waals surface area contributed by atoms with Gasteiger partial charge in [-0.1, -0.05) is 30.3 Å². The van der Waals surface area contributed by atoms with Crippen molar-refractivity contribution >= 4 is 5.96 Å². The lowest BCUT2D eigenvalue weighted by molar-refractivity contribution is 0.0698. The number of guanidine groups is 1. The third-order valence-corrected chi connectivity index (χ3v) is 3.75. The largest absolute Gasteiger partial charge is 0.457 e. The van der Waals surface area contributed by atoms with E-state index in [4.69, 9.17) is 14.2 Å². The van der Waals surface area contributed by atoms with E-state index in [0.717, 1.165) is 36.0 Å². The molecule has 2 rings (SSSR count). The van der Waals surface area contributed by atoms with Crippen LogP contribution < -0.4 is 15.4 Å². The molecule has 0 bridgehead atoms. The van der Waals surface area contributed by atoms with Gasteiger partial charge >= 0.3 is 0 Å². The molecule has 0 radical (unpaired) electrons. The molecule has 0 aliphatic heterocycles. The molecule has 2 N–H and O–H groups in total. The van der Waals surface area contributed by atoms with Crippen LogP contribution in [-0.2, 0) is 16.0 Å². The molecule has 0 heterocycles. The maximum absolute atomic E-state index is 5.88. The van der Waals surface area contributed by atoms with Crippen molar-refractivity contribution in [2.75, 3.05) is 40.5 Å². The molecular weight excluding hydrogens is 342 g/mol. The van der Waals surface area contributed by atoms with Gasteiger partial charge in [-0.15, -0.1) is 0 Å². The fourth-order valence-corrected chi connectivity index (χ4v) is 2.38. The Balaban J connectivity index is 1.72. The smallest absolute Gasteiger partial charge is 0.191 e. The van der Waals surface area contributed by atoms with Crippen molar-refractivity contribution in [3.8, 4) is 11.5 Å². The summed E-state index contributed by atoms with van der Waals surface area (Å²) >= 11 is 0. The van der Waals surface area contributed by atoms with Crippen molar-refractivity contribution in [3.05, 3.63) is 60.2 Å². The van der Waals surface area contributed by atoms with Gasteiger partial charge < -0.3 is 24.8 Å². The summed E-state index contributed by atoms with van der Waals surface area (Å²) < 4.78 is 16.3. The highest BCUT2D eigenvalue weighted by molar-refractivity contribution is 5.79. The number of para-hydroxylation sites is 1. The highest BCUT2D eigenvalue weighted by atomic mass is 16.5. The minimum Gasteiger partial charge on any atom is -0.457 e. The Hall–Kier alpha value is -2.57. The van der Waals surface area contributed by atoms with E-state index in [-0.39, 0.29) is 0 Å². The van der Waals surface area contributed by atoms with Gasteiger partial charge in [0.05, 0.1) is 13.2 Å². The topological polar surface area (TPSA) is 64.1 Å². The normalized spacial score (nSPS) is 11.3. The number of ether oxygens (including phenoxy) is 3. The van der Waals surface area contributed by atoms with E-state index in [1.807, 2.05) is 48.5 Å². The number of methoxy groups -OCH3 is 1. The molecule has 0 aliphatic rings. The minimum atomic E-state index is 0.629. The van der Waals surface area contributed by atoms with E-state index in [2.05, 4.69) is 21.7 Å². The molecule has 0 aromatic heterocycles. The Morgan fingerprint density at radius 1 is 0.926 bits per heavy atom. The van der Waals surface area contributed by atoms with Gasteiger partial charge in [0.25, 0.3) is 0 Å². The number of nitrogens with zero attached hydrogens (tertiary/aromatic N) is 1. The Kier molecular flexibility index (Phi) is 9.78. The Morgan fingerprint density at radius 2 is 1.74 bits per heavy atom. The molecule has 146 valence electrons. The van der Waals surface area contributed by atoms with Gasteiger partial charge in [0.15, 0.2) is 5.96 Å². The van der Waals surface area contributed by atoms with Crippen molar-refractivity contribution in [2.45, 2.75) is 13.0 Å². The van der Waals surface area contributed by atoms with Gasteiger partial charge in [-0.2, -0.15) is 0 Å². The monoisotopic (exact) mass is 371 g/mol. The maximum atomic E-state index is 5.88. The van der Waals surface area contributed by atoms with Gasteiger partial charge in [-0.3, -0.25) is 4.99 Å². The first-order valence-corrected chi connectivity index (χ1v) is 9.15. The zero-order valence-electron chi connectivity index (χ0n) is 16.1.